The number of carbonyl (C=O) groups excluding carboxylic acids is 1. The molecular weight excluding hydrogens is 244 g/mol. The fraction of sp³-hybridized carbons (Fsp3) is 0.300. The summed E-state index contributed by atoms with van der Waals surface area (Å²) in [5.74, 6) is -0.380. The monoisotopic (exact) mass is 254 g/mol. The highest BCUT2D eigenvalue weighted by molar-refractivity contribution is 9.10. The summed E-state index contributed by atoms with van der Waals surface area (Å²) in [7, 11) is 0. The minimum absolute atomic E-state index is 0.139. The van der Waals surface area contributed by atoms with Crippen LogP contribution in [-0.2, 0) is 4.79 Å². The van der Waals surface area contributed by atoms with Crippen LogP contribution in [0.5, 0.6) is 0 Å². The van der Waals surface area contributed by atoms with Gasteiger partial charge in [-0.3, -0.25) is 4.79 Å². The molecule has 0 saturated carbocycles. The van der Waals surface area contributed by atoms with Crippen LogP contribution in [0.3, 0.4) is 0 Å². The Morgan fingerprint density at radius 3 is 3.07 bits per heavy atom. The van der Waals surface area contributed by atoms with Gasteiger partial charge in [0.2, 0.25) is 5.91 Å². The van der Waals surface area contributed by atoms with Crippen LogP contribution in [0.25, 0.3) is 0 Å². The highest BCUT2D eigenvalue weighted by Crippen LogP contribution is 2.33. The van der Waals surface area contributed by atoms with Crippen molar-refractivity contribution in [2.45, 2.75) is 12.3 Å². The molecule has 1 aromatic rings. The number of halogens is 1. The smallest absolute Gasteiger partial charge is 0.225 e. The number of primary amides is 1. The number of amides is 1. The quantitative estimate of drug-likeness (QED) is 0.804. The molecule has 1 amide bonds. The zero-order valence-electron chi connectivity index (χ0n) is 7.59. The van der Waals surface area contributed by atoms with Gasteiger partial charge in [0.15, 0.2) is 0 Å². The summed E-state index contributed by atoms with van der Waals surface area (Å²) in [6.45, 7) is 0.803. The van der Waals surface area contributed by atoms with Crippen molar-refractivity contribution < 1.29 is 4.79 Å². The van der Waals surface area contributed by atoms with Gasteiger partial charge < -0.3 is 11.1 Å². The van der Waals surface area contributed by atoms with E-state index in [-0.39, 0.29) is 11.8 Å². The zero-order valence-corrected chi connectivity index (χ0v) is 9.17. The maximum absolute atomic E-state index is 11.2. The van der Waals surface area contributed by atoms with Gasteiger partial charge in [0.25, 0.3) is 0 Å². The number of nitrogens with one attached hydrogen (secondary N) is 1. The molecule has 2 rings (SSSR count). The third-order valence-corrected chi connectivity index (χ3v) is 2.98. The van der Waals surface area contributed by atoms with Gasteiger partial charge in [-0.2, -0.15) is 0 Å². The molecule has 0 aromatic heterocycles. The van der Waals surface area contributed by atoms with Crippen molar-refractivity contribution >= 4 is 27.5 Å². The van der Waals surface area contributed by atoms with E-state index >= 15 is 0 Å². The minimum Gasteiger partial charge on any atom is -0.385 e. The van der Waals surface area contributed by atoms with Crippen molar-refractivity contribution in [2.75, 3.05) is 11.9 Å². The predicted octanol–water partition coefficient (Wildman–Crippen LogP) is 1.83. The predicted molar refractivity (Wildman–Crippen MR) is 59.2 cm³/mol. The Labute approximate surface area is 90.8 Å². The van der Waals surface area contributed by atoms with Crippen LogP contribution in [0.2, 0.25) is 0 Å². The average Bonchev–Trinajstić information content (AvgIpc) is 2.16. The maximum Gasteiger partial charge on any atom is 0.225 e. The lowest BCUT2D eigenvalue weighted by Gasteiger charge is -2.24. The van der Waals surface area contributed by atoms with Crippen molar-refractivity contribution in [3.63, 3.8) is 0 Å². The number of fused-ring (bicyclic) bond motifs is 1. The molecule has 0 aliphatic carbocycles. The molecule has 0 saturated heterocycles. The average molecular weight is 255 g/mol. The highest BCUT2D eigenvalue weighted by atomic mass is 79.9. The van der Waals surface area contributed by atoms with E-state index in [9.17, 15) is 4.79 Å². The minimum atomic E-state index is -0.241. The van der Waals surface area contributed by atoms with E-state index in [1.807, 2.05) is 18.2 Å². The van der Waals surface area contributed by atoms with Crippen molar-refractivity contribution in [1.82, 2.24) is 0 Å². The zero-order chi connectivity index (χ0) is 10.1. The van der Waals surface area contributed by atoms with Crippen LogP contribution in [0, 0.1) is 0 Å². The van der Waals surface area contributed by atoms with E-state index in [1.54, 1.807) is 0 Å². The topological polar surface area (TPSA) is 55.1 Å². The van der Waals surface area contributed by atoms with Gasteiger partial charge >= 0.3 is 0 Å². The molecule has 1 aliphatic heterocycles. The van der Waals surface area contributed by atoms with Gasteiger partial charge in [0, 0.05) is 16.7 Å². The Morgan fingerprint density at radius 1 is 1.57 bits per heavy atom. The lowest BCUT2D eigenvalue weighted by atomic mass is 9.90. The SMILES string of the molecule is NC(=O)C1CCNc2cc(Br)ccc21. The van der Waals surface area contributed by atoms with E-state index in [1.165, 1.54) is 0 Å². The van der Waals surface area contributed by atoms with Gasteiger partial charge in [-0.25, -0.2) is 0 Å². The third-order valence-electron chi connectivity index (χ3n) is 2.48. The first-order chi connectivity index (χ1) is 6.68. The Morgan fingerprint density at radius 2 is 2.36 bits per heavy atom. The van der Waals surface area contributed by atoms with Crippen LogP contribution in [0.4, 0.5) is 5.69 Å². The maximum atomic E-state index is 11.2. The van der Waals surface area contributed by atoms with Crippen LogP contribution < -0.4 is 11.1 Å². The van der Waals surface area contributed by atoms with E-state index in [2.05, 4.69) is 21.2 Å². The standard InChI is InChI=1S/C10H11BrN2O/c11-6-1-2-7-8(10(12)14)3-4-13-9(7)5-6/h1-2,5,8,13H,3-4H2,(H2,12,14). The molecule has 0 fully saturated rings. The lowest BCUT2D eigenvalue weighted by Crippen LogP contribution is -2.27. The second kappa shape index (κ2) is 3.61. The normalized spacial score (nSPS) is 19.6. The van der Waals surface area contributed by atoms with Crippen LogP contribution in [0.1, 0.15) is 17.9 Å². The second-order valence-corrected chi connectivity index (χ2v) is 4.32. The number of nitrogens with two attached hydrogens (primary N) is 1. The molecule has 1 aliphatic rings. The van der Waals surface area contributed by atoms with E-state index < -0.39 is 0 Å². The summed E-state index contributed by atoms with van der Waals surface area (Å²) in [5, 5.41) is 3.25. The number of carbonyl (C=O) groups is 1. The number of anilines is 1. The van der Waals surface area contributed by atoms with Crippen LogP contribution >= 0.6 is 15.9 Å². The summed E-state index contributed by atoms with van der Waals surface area (Å²) >= 11 is 3.39. The van der Waals surface area contributed by atoms with Gasteiger partial charge in [-0.05, 0) is 24.1 Å². The Balaban J connectivity index is 2.44. The molecule has 0 radical (unpaired) electrons. The number of hydrogen-bond acceptors (Lipinski definition) is 2. The van der Waals surface area contributed by atoms with Crippen molar-refractivity contribution in [3.05, 3.63) is 28.2 Å². The number of hydrogen-bond donors (Lipinski definition) is 2. The fourth-order valence-electron chi connectivity index (χ4n) is 1.79. The van der Waals surface area contributed by atoms with Gasteiger partial charge in [-0.15, -0.1) is 0 Å². The molecule has 0 spiro atoms. The number of rotatable bonds is 1. The molecular formula is C10H11BrN2O. The first-order valence-electron chi connectivity index (χ1n) is 4.51. The summed E-state index contributed by atoms with van der Waals surface area (Å²) in [6.07, 6.45) is 0.782. The molecule has 3 nitrogen and oxygen atoms in total. The summed E-state index contributed by atoms with van der Waals surface area (Å²) in [6, 6.07) is 5.85. The summed E-state index contributed by atoms with van der Waals surface area (Å²) in [5.41, 5.74) is 7.36. The molecule has 14 heavy (non-hydrogen) atoms. The molecule has 4 heteroatoms. The Kier molecular flexibility index (Phi) is 2.46. The van der Waals surface area contributed by atoms with E-state index in [0.29, 0.717) is 0 Å². The molecule has 1 atom stereocenters. The molecule has 0 bridgehead atoms. The molecule has 3 N–H and O–H groups in total. The van der Waals surface area contributed by atoms with Crippen molar-refractivity contribution in [1.29, 1.82) is 0 Å². The first-order valence-corrected chi connectivity index (χ1v) is 5.30. The molecule has 74 valence electrons. The van der Waals surface area contributed by atoms with Crippen LogP contribution in [-0.4, -0.2) is 12.5 Å². The molecule has 1 unspecified atom stereocenters. The van der Waals surface area contributed by atoms with Crippen molar-refractivity contribution in [2.24, 2.45) is 5.73 Å². The van der Waals surface area contributed by atoms with Crippen molar-refractivity contribution in [3.8, 4) is 0 Å². The summed E-state index contributed by atoms with van der Waals surface area (Å²) < 4.78 is 1.01. The largest absolute Gasteiger partial charge is 0.385 e. The Hall–Kier alpha value is -1.03. The molecule has 1 heterocycles. The lowest BCUT2D eigenvalue weighted by molar-refractivity contribution is -0.119. The summed E-state index contributed by atoms with van der Waals surface area (Å²) in [4.78, 5) is 11.2. The Bertz CT molecular complexity index is 378. The van der Waals surface area contributed by atoms with Crippen LogP contribution in [0.15, 0.2) is 22.7 Å². The van der Waals surface area contributed by atoms with E-state index in [4.69, 9.17) is 5.73 Å². The third kappa shape index (κ3) is 1.62. The fourth-order valence-corrected chi connectivity index (χ4v) is 2.15. The van der Waals surface area contributed by atoms with Gasteiger partial charge in [-0.1, -0.05) is 22.0 Å². The van der Waals surface area contributed by atoms with Gasteiger partial charge in [0.1, 0.15) is 0 Å². The van der Waals surface area contributed by atoms with Gasteiger partial charge in [0.05, 0.1) is 5.92 Å². The second-order valence-electron chi connectivity index (χ2n) is 3.40. The first kappa shape index (κ1) is 9.52. The molecule has 1 aromatic carbocycles. The van der Waals surface area contributed by atoms with E-state index in [0.717, 1.165) is 28.7 Å². The highest BCUT2D eigenvalue weighted by Gasteiger charge is 2.24. The number of benzene rings is 1.